The number of thioether (sulfide) groups is 1. The van der Waals surface area contributed by atoms with Crippen molar-refractivity contribution < 1.29 is 52.4 Å². The minimum atomic E-state index is -5.32. The third-order valence-electron chi connectivity index (χ3n) is 6.35. The second kappa shape index (κ2) is 12.5. The number of aliphatic hydroxyl groups is 1. The summed E-state index contributed by atoms with van der Waals surface area (Å²) in [6.07, 6.45) is -3.09. The number of halogens is 1. The van der Waals surface area contributed by atoms with Gasteiger partial charge in [-0.1, -0.05) is 12.1 Å². The Labute approximate surface area is 233 Å². The number of ether oxygens (including phenoxy) is 2. The molecule has 0 aliphatic carbocycles. The van der Waals surface area contributed by atoms with Crippen molar-refractivity contribution in [2.45, 2.75) is 17.6 Å². The van der Waals surface area contributed by atoms with Gasteiger partial charge in [0.05, 0.1) is 24.5 Å². The highest BCUT2D eigenvalue weighted by Crippen LogP contribution is 2.61. The molecule has 2 aliphatic heterocycles. The fourth-order valence-corrected chi connectivity index (χ4v) is 6.81. The molecule has 2 aromatic carbocycles. The van der Waals surface area contributed by atoms with Crippen molar-refractivity contribution in [2.75, 3.05) is 47.5 Å². The van der Waals surface area contributed by atoms with Gasteiger partial charge in [0.2, 0.25) is 13.1 Å². The summed E-state index contributed by atoms with van der Waals surface area (Å²) in [5.41, 5.74) is 0.927. The first-order valence-electron chi connectivity index (χ1n) is 12.0. The number of hydrogen-bond donors (Lipinski definition) is 5. The number of carbonyl (C=O) groups is 2. The van der Waals surface area contributed by atoms with Crippen LogP contribution in [0.4, 0.5) is 25.4 Å². The molecule has 2 saturated heterocycles. The van der Waals surface area contributed by atoms with Gasteiger partial charge in [0.15, 0.2) is 0 Å². The normalized spacial score (nSPS) is 20.0. The number of amides is 2. The van der Waals surface area contributed by atoms with Gasteiger partial charge < -0.3 is 39.5 Å². The van der Waals surface area contributed by atoms with E-state index in [0.29, 0.717) is 11.4 Å². The molecule has 2 heterocycles. The van der Waals surface area contributed by atoms with Crippen molar-refractivity contribution in [3.8, 4) is 5.75 Å². The highest BCUT2D eigenvalue weighted by atomic mass is 32.2. The van der Waals surface area contributed by atoms with E-state index in [9.17, 15) is 42.9 Å². The Balaban J connectivity index is 1.28. The van der Waals surface area contributed by atoms with E-state index in [1.54, 1.807) is 12.1 Å². The summed E-state index contributed by atoms with van der Waals surface area (Å²) >= 11 is 1.81. The summed E-state index contributed by atoms with van der Waals surface area (Å²) in [4.78, 5) is 55.6. The SMILES string of the molecule is O=C(NC[C@H]1CN(c2ccc(N3CCSCC3)c(F)c2)C(=O)O1)Oc1ccc(CC(O)([PH](=O)O)P(=O)(O)O)cc1. The molecule has 4 rings (SSSR count). The van der Waals surface area contributed by atoms with Crippen LogP contribution in [0.1, 0.15) is 5.56 Å². The largest absolute Gasteiger partial charge is 0.442 e. The number of anilines is 2. The zero-order chi connectivity index (χ0) is 29.1. The fraction of sp³-hybridized carbons (Fsp3) is 0.391. The van der Waals surface area contributed by atoms with Crippen molar-refractivity contribution in [1.82, 2.24) is 5.32 Å². The van der Waals surface area contributed by atoms with Crippen LogP contribution >= 0.6 is 27.4 Å². The highest BCUT2D eigenvalue weighted by molar-refractivity contribution is 7.99. The van der Waals surface area contributed by atoms with Crippen molar-refractivity contribution in [2.24, 2.45) is 0 Å². The van der Waals surface area contributed by atoms with Gasteiger partial charge in [0.1, 0.15) is 17.7 Å². The van der Waals surface area contributed by atoms with Crippen LogP contribution in [0.2, 0.25) is 0 Å². The monoisotopic (exact) mass is 619 g/mol. The summed E-state index contributed by atoms with van der Waals surface area (Å²) in [5, 5.41) is 9.36. The van der Waals surface area contributed by atoms with E-state index in [2.05, 4.69) is 5.32 Å². The number of carbonyl (C=O) groups excluding carboxylic acids is 2. The predicted octanol–water partition coefficient (Wildman–Crippen LogP) is 2.33. The maximum absolute atomic E-state index is 14.8. The second-order valence-corrected chi connectivity index (χ2v) is 14.0. The summed E-state index contributed by atoms with van der Waals surface area (Å²) in [6.45, 7) is 1.47. The van der Waals surface area contributed by atoms with Gasteiger partial charge in [0, 0.05) is 31.0 Å². The van der Waals surface area contributed by atoms with Crippen LogP contribution in [-0.2, 0) is 20.3 Å². The van der Waals surface area contributed by atoms with E-state index in [0.717, 1.165) is 24.6 Å². The zero-order valence-corrected chi connectivity index (χ0v) is 23.6. The van der Waals surface area contributed by atoms with E-state index in [1.807, 2.05) is 16.7 Å². The van der Waals surface area contributed by atoms with Crippen LogP contribution in [-0.4, -0.2) is 80.8 Å². The molecule has 2 fully saturated rings. The molecule has 0 aromatic heterocycles. The van der Waals surface area contributed by atoms with Crippen molar-refractivity contribution in [3.63, 3.8) is 0 Å². The first kappa shape index (κ1) is 30.3. The molecule has 2 aliphatic rings. The Kier molecular flexibility index (Phi) is 9.46. The van der Waals surface area contributed by atoms with Gasteiger partial charge in [-0.25, -0.2) is 14.0 Å². The molecule has 5 N–H and O–H groups in total. The Bertz CT molecular complexity index is 1320. The minimum absolute atomic E-state index is 0.0329. The van der Waals surface area contributed by atoms with Crippen LogP contribution in [0.5, 0.6) is 5.75 Å². The van der Waals surface area contributed by atoms with E-state index in [-0.39, 0.29) is 24.4 Å². The van der Waals surface area contributed by atoms with Gasteiger partial charge in [-0.3, -0.25) is 14.0 Å². The Morgan fingerprint density at radius 3 is 2.50 bits per heavy atom. The third kappa shape index (κ3) is 6.98. The standard InChI is InChI=1S/C23H28FN3O10P2S/c24-19-11-16(3-6-20(19)26-7-9-40-10-8-26)27-14-18(37-22(27)29)13-25-21(28)36-17-4-1-15(2-5-17)12-23(30,38(31)32)39(33,34)35/h1-6,11,18,30,38H,7-10,12-14H2,(H,25,28)(H,31,32)(H2,33,34,35)/t18-,23?/m0/s1. The first-order chi connectivity index (χ1) is 18.9. The molecule has 40 heavy (non-hydrogen) atoms. The quantitative estimate of drug-likeness (QED) is 0.258. The number of hydrogen-bond acceptors (Lipinski definition) is 9. The maximum Gasteiger partial charge on any atom is 0.414 e. The second-order valence-electron chi connectivity index (χ2n) is 9.11. The molecule has 2 amide bonds. The lowest BCUT2D eigenvalue weighted by atomic mass is 10.1. The maximum atomic E-state index is 14.8. The van der Waals surface area contributed by atoms with E-state index >= 15 is 0 Å². The molecule has 2 unspecified atom stereocenters. The van der Waals surface area contributed by atoms with Crippen LogP contribution in [0.25, 0.3) is 0 Å². The van der Waals surface area contributed by atoms with Crippen LogP contribution in [0, 0.1) is 5.82 Å². The van der Waals surface area contributed by atoms with Crippen molar-refractivity contribution >= 4 is 50.9 Å². The lowest BCUT2D eigenvalue weighted by molar-refractivity contribution is 0.137. The summed E-state index contributed by atoms with van der Waals surface area (Å²) in [7, 11) is -9.34. The Morgan fingerprint density at radius 2 is 1.90 bits per heavy atom. The zero-order valence-electron chi connectivity index (χ0n) is 20.9. The average molecular weight is 620 g/mol. The van der Waals surface area contributed by atoms with E-state index in [1.165, 1.54) is 35.2 Å². The van der Waals surface area contributed by atoms with Crippen molar-refractivity contribution in [3.05, 3.63) is 53.8 Å². The molecule has 2 aromatic rings. The van der Waals surface area contributed by atoms with Gasteiger partial charge in [-0.2, -0.15) is 11.8 Å². The number of rotatable bonds is 9. The molecule has 0 bridgehead atoms. The molecule has 218 valence electrons. The van der Waals surface area contributed by atoms with Crippen molar-refractivity contribution in [1.29, 1.82) is 0 Å². The number of cyclic esters (lactones) is 1. The summed E-state index contributed by atoms with van der Waals surface area (Å²) < 4.78 is 48.1. The van der Waals surface area contributed by atoms with Crippen LogP contribution in [0.15, 0.2) is 42.5 Å². The number of nitrogens with one attached hydrogen (secondary N) is 1. The van der Waals surface area contributed by atoms with Gasteiger partial charge in [-0.15, -0.1) is 0 Å². The molecule has 3 atom stereocenters. The summed E-state index contributed by atoms with van der Waals surface area (Å²) in [6, 6.07) is 9.63. The molecule has 0 spiro atoms. The number of benzene rings is 2. The Morgan fingerprint density at radius 1 is 1.23 bits per heavy atom. The van der Waals surface area contributed by atoms with Gasteiger partial charge in [0.25, 0.3) is 0 Å². The topological polar surface area (TPSA) is 186 Å². The fourth-order valence-electron chi connectivity index (χ4n) is 4.17. The van der Waals surface area contributed by atoms with Gasteiger partial charge >= 0.3 is 19.8 Å². The molecular weight excluding hydrogens is 591 g/mol. The molecular formula is C23H28FN3O10P2S. The molecule has 13 nitrogen and oxygen atoms in total. The number of nitrogens with zero attached hydrogens (tertiary/aromatic N) is 2. The third-order valence-corrected chi connectivity index (χ3v) is 10.7. The van der Waals surface area contributed by atoms with Gasteiger partial charge in [-0.05, 0) is 35.9 Å². The van der Waals surface area contributed by atoms with E-state index in [4.69, 9.17) is 9.47 Å². The predicted molar refractivity (Wildman–Crippen MR) is 146 cm³/mol. The summed E-state index contributed by atoms with van der Waals surface area (Å²) in [5.74, 6) is 1.43. The van der Waals surface area contributed by atoms with E-state index < -0.39 is 51.2 Å². The molecule has 17 heteroatoms. The molecule has 0 saturated carbocycles. The van der Waals surface area contributed by atoms with Crippen LogP contribution in [0.3, 0.4) is 0 Å². The average Bonchev–Trinajstić information content (AvgIpc) is 3.28. The Hall–Kier alpha value is -2.64. The molecule has 0 radical (unpaired) electrons. The smallest absolute Gasteiger partial charge is 0.414 e. The first-order valence-corrected chi connectivity index (χ1v) is 16.2. The highest BCUT2D eigenvalue weighted by Gasteiger charge is 2.50. The minimum Gasteiger partial charge on any atom is -0.442 e. The lowest BCUT2D eigenvalue weighted by Crippen LogP contribution is -2.36. The van der Waals surface area contributed by atoms with Crippen LogP contribution < -0.4 is 19.9 Å². The lowest BCUT2D eigenvalue weighted by Gasteiger charge is -2.29.